The van der Waals surface area contributed by atoms with Gasteiger partial charge in [-0.05, 0) is 6.42 Å². The Morgan fingerprint density at radius 2 is 2.09 bits per heavy atom. The molecule has 0 amide bonds. The van der Waals surface area contributed by atoms with E-state index in [4.69, 9.17) is 19.7 Å². The molecule has 0 fully saturated rings. The van der Waals surface area contributed by atoms with Crippen molar-refractivity contribution in [3.05, 3.63) is 0 Å². The lowest BCUT2D eigenvalue weighted by atomic mass is 10.3. The van der Waals surface area contributed by atoms with E-state index in [1.165, 1.54) is 7.11 Å². The second-order valence-corrected chi connectivity index (χ2v) is 2.23. The van der Waals surface area contributed by atoms with E-state index in [9.17, 15) is 0 Å². The predicted molar refractivity (Wildman–Crippen MR) is 40.4 cm³/mol. The summed E-state index contributed by atoms with van der Waals surface area (Å²) in [6, 6.07) is 0. The Morgan fingerprint density at radius 1 is 1.36 bits per heavy atom. The Balaban J connectivity index is 2.97. The monoisotopic (exact) mass is 164 g/mol. The van der Waals surface area contributed by atoms with Gasteiger partial charge in [-0.3, -0.25) is 0 Å². The van der Waals surface area contributed by atoms with E-state index < -0.39 is 6.10 Å². The maximum Gasteiger partial charge on any atom is 0.0795 e. The smallest absolute Gasteiger partial charge is 0.0795 e. The van der Waals surface area contributed by atoms with Gasteiger partial charge in [-0.2, -0.15) is 0 Å². The highest BCUT2D eigenvalue weighted by atomic mass is 16.5. The highest BCUT2D eigenvalue weighted by Gasteiger charge is 2.01. The third kappa shape index (κ3) is 7.74. The lowest BCUT2D eigenvalue weighted by molar-refractivity contribution is 0.0246. The SMILES string of the molecule is COCC(O)CCOCCO. The lowest BCUT2D eigenvalue weighted by Crippen LogP contribution is -2.17. The Labute approximate surface area is 66.7 Å². The normalized spacial score (nSPS) is 13.4. The molecule has 0 aromatic heterocycles. The van der Waals surface area contributed by atoms with Crippen molar-refractivity contribution in [1.29, 1.82) is 0 Å². The first-order valence-electron chi connectivity index (χ1n) is 3.67. The summed E-state index contributed by atoms with van der Waals surface area (Å²) < 4.78 is 9.64. The molecule has 0 spiro atoms. The maximum absolute atomic E-state index is 9.08. The lowest BCUT2D eigenvalue weighted by Gasteiger charge is -2.08. The molecule has 0 saturated carbocycles. The van der Waals surface area contributed by atoms with Crippen LogP contribution in [0.1, 0.15) is 6.42 Å². The molecule has 1 unspecified atom stereocenters. The van der Waals surface area contributed by atoms with Crippen molar-refractivity contribution in [2.45, 2.75) is 12.5 Å². The molecule has 4 nitrogen and oxygen atoms in total. The van der Waals surface area contributed by atoms with Crippen LogP contribution >= 0.6 is 0 Å². The number of hydrogen-bond acceptors (Lipinski definition) is 4. The molecule has 0 saturated heterocycles. The van der Waals surface area contributed by atoms with Gasteiger partial charge in [0.15, 0.2) is 0 Å². The summed E-state index contributed by atoms with van der Waals surface area (Å²) in [6.07, 6.45) is 0.0899. The fourth-order valence-corrected chi connectivity index (χ4v) is 0.662. The quantitative estimate of drug-likeness (QED) is 0.493. The van der Waals surface area contributed by atoms with Gasteiger partial charge in [0.1, 0.15) is 0 Å². The molecule has 0 rings (SSSR count). The molecule has 0 heterocycles. The first-order chi connectivity index (χ1) is 5.31. The Morgan fingerprint density at radius 3 is 2.64 bits per heavy atom. The van der Waals surface area contributed by atoms with Crippen LogP contribution < -0.4 is 0 Å². The van der Waals surface area contributed by atoms with Crippen molar-refractivity contribution in [3.8, 4) is 0 Å². The van der Waals surface area contributed by atoms with Crippen molar-refractivity contribution in [3.63, 3.8) is 0 Å². The van der Waals surface area contributed by atoms with Gasteiger partial charge in [-0.15, -0.1) is 0 Å². The minimum atomic E-state index is -0.460. The molecular weight excluding hydrogens is 148 g/mol. The summed E-state index contributed by atoms with van der Waals surface area (Å²) in [5, 5.41) is 17.4. The number of aliphatic hydroxyl groups excluding tert-OH is 2. The van der Waals surface area contributed by atoms with Gasteiger partial charge in [0, 0.05) is 13.7 Å². The van der Waals surface area contributed by atoms with Gasteiger partial charge in [0.05, 0.1) is 25.9 Å². The first-order valence-corrected chi connectivity index (χ1v) is 3.67. The molecule has 0 bridgehead atoms. The first kappa shape index (κ1) is 10.8. The number of methoxy groups -OCH3 is 1. The summed E-state index contributed by atoms with van der Waals surface area (Å²) in [5.74, 6) is 0. The van der Waals surface area contributed by atoms with Crippen molar-refractivity contribution in [1.82, 2.24) is 0 Å². The van der Waals surface area contributed by atoms with Gasteiger partial charge < -0.3 is 19.7 Å². The van der Waals surface area contributed by atoms with Gasteiger partial charge in [-0.25, -0.2) is 0 Å². The molecule has 0 radical (unpaired) electrons. The Bertz CT molecular complexity index is 76.8. The fourth-order valence-electron chi connectivity index (χ4n) is 0.662. The third-order valence-corrected chi connectivity index (χ3v) is 1.19. The van der Waals surface area contributed by atoms with Crippen LogP contribution in [0.25, 0.3) is 0 Å². The molecule has 0 aliphatic carbocycles. The van der Waals surface area contributed by atoms with Gasteiger partial charge in [0.25, 0.3) is 0 Å². The molecule has 11 heavy (non-hydrogen) atoms. The number of aliphatic hydroxyl groups is 2. The summed E-state index contributed by atoms with van der Waals surface area (Å²) in [4.78, 5) is 0. The molecule has 2 N–H and O–H groups in total. The highest BCUT2D eigenvalue weighted by Crippen LogP contribution is 1.92. The zero-order valence-corrected chi connectivity index (χ0v) is 6.82. The standard InChI is InChI=1S/C7H16O4/c1-10-6-7(9)2-4-11-5-3-8/h7-9H,2-6H2,1H3. The van der Waals surface area contributed by atoms with Crippen LogP contribution in [0, 0.1) is 0 Å². The van der Waals surface area contributed by atoms with E-state index in [2.05, 4.69) is 0 Å². The molecule has 0 aromatic rings. The molecular formula is C7H16O4. The van der Waals surface area contributed by atoms with Crippen LogP contribution in [-0.4, -0.2) is 49.9 Å². The van der Waals surface area contributed by atoms with Crippen molar-refractivity contribution < 1.29 is 19.7 Å². The zero-order valence-electron chi connectivity index (χ0n) is 6.82. The minimum Gasteiger partial charge on any atom is -0.394 e. The number of hydrogen-bond donors (Lipinski definition) is 2. The second-order valence-electron chi connectivity index (χ2n) is 2.23. The van der Waals surface area contributed by atoms with E-state index in [1.807, 2.05) is 0 Å². The van der Waals surface area contributed by atoms with E-state index in [0.29, 0.717) is 26.2 Å². The van der Waals surface area contributed by atoms with Crippen LogP contribution in [0.3, 0.4) is 0 Å². The molecule has 68 valence electrons. The summed E-state index contributed by atoms with van der Waals surface area (Å²) in [5.41, 5.74) is 0. The average molecular weight is 164 g/mol. The van der Waals surface area contributed by atoms with E-state index in [-0.39, 0.29) is 6.61 Å². The topological polar surface area (TPSA) is 58.9 Å². The predicted octanol–water partition coefficient (Wildman–Crippen LogP) is -0.607. The third-order valence-electron chi connectivity index (χ3n) is 1.19. The highest BCUT2D eigenvalue weighted by molar-refractivity contribution is 4.51. The summed E-state index contributed by atoms with van der Waals surface area (Å²) >= 11 is 0. The van der Waals surface area contributed by atoms with Crippen LogP contribution in [0.5, 0.6) is 0 Å². The number of ether oxygens (including phenoxy) is 2. The van der Waals surface area contributed by atoms with Crippen LogP contribution in [0.2, 0.25) is 0 Å². The van der Waals surface area contributed by atoms with Crippen molar-refractivity contribution in [2.75, 3.05) is 33.5 Å². The van der Waals surface area contributed by atoms with Crippen LogP contribution in [-0.2, 0) is 9.47 Å². The Kier molecular flexibility index (Phi) is 7.83. The van der Waals surface area contributed by atoms with Crippen LogP contribution in [0.4, 0.5) is 0 Å². The van der Waals surface area contributed by atoms with Crippen molar-refractivity contribution in [2.24, 2.45) is 0 Å². The Hall–Kier alpha value is -0.160. The van der Waals surface area contributed by atoms with Gasteiger partial charge in [0.2, 0.25) is 0 Å². The molecule has 0 aliphatic rings. The largest absolute Gasteiger partial charge is 0.394 e. The van der Waals surface area contributed by atoms with Crippen molar-refractivity contribution >= 4 is 0 Å². The number of rotatable bonds is 7. The maximum atomic E-state index is 9.08. The molecule has 1 atom stereocenters. The summed E-state index contributed by atoms with van der Waals surface area (Å²) in [6.45, 7) is 1.16. The zero-order chi connectivity index (χ0) is 8.53. The molecule has 0 aliphatic heterocycles. The molecule has 4 heteroatoms. The minimum absolute atomic E-state index is 0.0281. The van der Waals surface area contributed by atoms with E-state index in [1.54, 1.807) is 0 Å². The van der Waals surface area contributed by atoms with E-state index in [0.717, 1.165) is 0 Å². The van der Waals surface area contributed by atoms with E-state index >= 15 is 0 Å². The molecule has 0 aromatic carbocycles. The fraction of sp³-hybridized carbons (Fsp3) is 1.00. The van der Waals surface area contributed by atoms with Gasteiger partial charge >= 0.3 is 0 Å². The van der Waals surface area contributed by atoms with Gasteiger partial charge in [-0.1, -0.05) is 0 Å². The second kappa shape index (κ2) is 7.94. The van der Waals surface area contributed by atoms with Crippen LogP contribution in [0.15, 0.2) is 0 Å². The summed E-state index contributed by atoms with van der Waals surface area (Å²) in [7, 11) is 1.54. The average Bonchev–Trinajstić information content (AvgIpc) is 1.99.